The first-order chi connectivity index (χ1) is 16.0. The number of aliphatic carboxylic acids is 1. The van der Waals surface area contributed by atoms with Gasteiger partial charge in [-0.2, -0.15) is 5.10 Å². The number of amides is 1. The van der Waals surface area contributed by atoms with Gasteiger partial charge in [0, 0.05) is 12.3 Å². The number of benzene rings is 2. The fourth-order valence-electron chi connectivity index (χ4n) is 4.57. The number of carbonyl (C=O) groups excluding carboxylic acids is 1. The third kappa shape index (κ3) is 4.92. The number of ether oxygens (including phenoxy) is 2. The highest BCUT2D eigenvalue weighted by Gasteiger charge is 2.43. The fraction of sp³-hybridized carbons (Fsp3) is 0.346. The van der Waals surface area contributed by atoms with E-state index in [0.29, 0.717) is 0 Å². The van der Waals surface area contributed by atoms with Crippen molar-refractivity contribution in [1.29, 1.82) is 0 Å². The lowest BCUT2D eigenvalue weighted by molar-refractivity contribution is -0.141. The lowest BCUT2D eigenvalue weighted by atomic mass is 9.77. The number of hydrazone groups is 1. The number of fused-ring (bicyclic) bond motifs is 1. The number of carboxylic acids is 1. The number of hydrogen-bond donors (Lipinski definition) is 1. The van der Waals surface area contributed by atoms with Crippen LogP contribution >= 0.6 is 0 Å². The molecular weight excluding hydrogens is 420 g/mol. The van der Waals surface area contributed by atoms with E-state index in [1.54, 1.807) is 14.2 Å². The molecule has 1 heterocycles. The van der Waals surface area contributed by atoms with Crippen LogP contribution in [0.25, 0.3) is 6.08 Å². The zero-order valence-corrected chi connectivity index (χ0v) is 18.9. The fourth-order valence-corrected chi connectivity index (χ4v) is 4.57. The Bertz CT molecular complexity index is 1070. The third-order valence-corrected chi connectivity index (χ3v) is 6.22. The van der Waals surface area contributed by atoms with Crippen LogP contribution in [0.15, 0.2) is 59.2 Å². The first kappa shape index (κ1) is 22.6. The van der Waals surface area contributed by atoms with E-state index in [2.05, 4.69) is 6.08 Å². The first-order valence-corrected chi connectivity index (χ1v) is 11.1. The third-order valence-electron chi connectivity index (χ3n) is 6.22. The Morgan fingerprint density at radius 1 is 1.03 bits per heavy atom. The van der Waals surface area contributed by atoms with Crippen molar-refractivity contribution in [2.45, 2.75) is 38.1 Å². The molecule has 7 nitrogen and oxygen atoms in total. The van der Waals surface area contributed by atoms with Gasteiger partial charge in [0.05, 0.1) is 32.4 Å². The summed E-state index contributed by atoms with van der Waals surface area (Å²) < 4.78 is 10.5. The van der Waals surface area contributed by atoms with Gasteiger partial charge in [0.25, 0.3) is 0 Å². The van der Waals surface area contributed by atoms with Crippen LogP contribution in [0, 0.1) is 5.92 Å². The molecule has 0 bridgehead atoms. The molecule has 33 heavy (non-hydrogen) atoms. The maximum atomic E-state index is 13.0. The van der Waals surface area contributed by atoms with Crippen LogP contribution < -0.4 is 9.47 Å². The maximum absolute atomic E-state index is 13.0. The number of carboxylic acid groups (broad SMARTS) is 1. The minimum atomic E-state index is -0.992. The molecule has 4 rings (SSSR count). The molecule has 1 saturated carbocycles. The number of rotatable bonds is 7. The van der Waals surface area contributed by atoms with Crippen LogP contribution in [-0.2, 0) is 9.59 Å². The van der Waals surface area contributed by atoms with Crippen LogP contribution in [0.3, 0.4) is 0 Å². The topological polar surface area (TPSA) is 88.4 Å². The molecule has 0 aromatic heterocycles. The summed E-state index contributed by atoms with van der Waals surface area (Å²) in [6.07, 6.45) is 4.63. The molecule has 2 aromatic rings. The van der Waals surface area contributed by atoms with Crippen molar-refractivity contribution in [3.63, 3.8) is 0 Å². The predicted octanol–water partition coefficient (Wildman–Crippen LogP) is 4.69. The maximum Gasteiger partial charge on any atom is 0.303 e. The molecule has 2 aliphatic rings. The quantitative estimate of drug-likeness (QED) is 0.664. The Balaban J connectivity index is 1.69. The Morgan fingerprint density at radius 3 is 2.27 bits per heavy atom. The Labute approximate surface area is 193 Å². The zero-order chi connectivity index (χ0) is 23.4. The van der Waals surface area contributed by atoms with Crippen LogP contribution in [0.1, 0.15) is 49.3 Å². The molecule has 0 saturated heterocycles. The molecule has 1 aliphatic heterocycles. The number of nitrogens with zero attached hydrogens (tertiary/aromatic N) is 2. The van der Waals surface area contributed by atoms with Gasteiger partial charge in [-0.05, 0) is 66.3 Å². The van der Waals surface area contributed by atoms with Gasteiger partial charge in [-0.3, -0.25) is 9.59 Å². The van der Waals surface area contributed by atoms with E-state index in [-0.39, 0.29) is 30.7 Å². The number of allylic oxidation sites excluding steroid dienone is 1. The molecule has 172 valence electrons. The highest BCUT2D eigenvalue weighted by Crippen LogP contribution is 2.45. The normalized spacial score (nSPS) is 20.8. The standard InChI is InChI=1S/C26H28N2O5/c1-32-20-10-6-17(7-11-20)16-19-4-3-5-22-25(19)27-28(23(29)14-15-24(30)31)26(22)18-8-12-21(33-2)13-9-18/h6-13,16,22,26H,3-5,14-15H2,1-2H3,(H,30,31)/t22-,26-/m1/s1. The molecular formula is C26H28N2O5. The van der Waals surface area contributed by atoms with Crippen molar-refractivity contribution >= 4 is 23.7 Å². The highest BCUT2D eigenvalue weighted by atomic mass is 16.5. The van der Waals surface area contributed by atoms with E-state index < -0.39 is 5.97 Å². The Hall–Kier alpha value is -3.61. The lowest BCUT2D eigenvalue weighted by Gasteiger charge is -2.29. The van der Waals surface area contributed by atoms with Crippen molar-refractivity contribution in [2.24, 2.45) is 11.0 Å². The molecule has 2 atom stereocenters. The predicted molar refractivity (Wildman–Crippen MR) is 125 cm³/mol. The van der Waals surface area contributed by atoms with Crippen molar-refractivity contribution < 1.29 is 24.2 Å². The second-order valence-electron chi connectivity index (χ2n) is 8.28. The van der Waals surface area contributed by atoms with Gasteiger partial charge >= 0.3 is 5.97 Å². The van der Waals surface area contributed by atoms with Gasteiger partial charge in [-0.15, -0.1) is 0 Å². The molecule has 1 N–H and O–H groups in total. The Morgan fingerprint density at radius 2 is 1.67 bits per heavy atom. The van der Waals surface area contributed by atoms with Gasteiger partial charge in [-0.1, -0.05) is 24.3 Å². The van der Waals surface area contributed by atoms with E-state index in [9.17, 15) is 9.59 Å². The molecule has 0 unspecified atom stereocenters. The summed E-state index contributed by atoms with van der Waals surface area (Å²) in [5.41, 5.74) is 4.05. The largest absolute Gasteiger partial charge is 0.497 e. The van der Waals surface area contributed by atoms with Crippen molar-refractivity contribution in [1.82, 2.24) is 5.01 Å². The zero-order valence-electron chi connectivity index (χ0n) is 18.9. The van der Waals surface area contributed by atoms with E-state index in [0.717, 1.165) is 53.2 Å². The average molecular weight is 449 g/mol. The summed E-state index contributed by atoms with van der Waals surface area (Å²) in [6, 6.07) is 15.3. The summed E-state index contributed by atoms with van der Waals surface area (Å²) in [6.45, 7) is 0. The molecule has 0 radical (unpaired) electrons. The van der Waals surface area contributed by atoms with Gasteiger partial charge < -0.3 is 14.6 Å². The van der Waals surface area contributed by atoms with Crippen LogP contribution in [0.4, 0.5) is 0 Å². The summed E-state index contributed by atoms with van der Waals surface area (Å²) in [7, 11) is 3.26. The van der Waals surface area contributed by atoms with E-state index in [1.165, 1.54) is 5.01 Å². The number of carbonyl (C=O) groups is 2. The summed E-state index contributed by atoms with van der Waals surface area (Å²) in [4.78, 5) is 24.1. The van der Waals surface area contributed by atoms with Crippen molar-refractivity contribution in [2.75, 3.05) is 14.2 Å². The van der Waals surface area contributed by atoms with Crippen LogP contribution in [0.2, 0.25) is 0 Å². The first-order valence-electron chi connectivity index (χ1n) is 11.1. The van der Waals surface area contributed by atoms with Crippen molar-refractivity contribution in [3.05, 3.63) is 65.2 Å². The minimum absolute atomic E-state index is 0.0606. The second-order valence-corrected chi connectivity index (χ2v) is 8.28. The van der Waals surface area contributed by atoms with Gasteiger partial charge in [0.2, 0.25) is 5.91 Å². The smallest absolute Gasteiger partial charge is 0.303 e. The SMILES string of the molecule is COc1ccc(C=C2CCC[C@@H]3C2=NN(C(=O)CCC(=O)O)[C@@H]3c2ccc(OC)cc2)cc1. The lowest BCUT2D eigenvalue weighted by Crippen LogP contribution is -2.32. The van der Waals surface area contributed by atoms with E-state index >= 15 is 0 Å². The van der Waals surface area contributed by atoms with E-state index in [4.69, 9.17) is 19.7 Å². The van der Waals surface area contributed by atoms with Gasteiger partial charge in [0.15, 0.2) is 0 Å². The minimum Gasteiger partial charge on any atom is -0.497 e. The van der Waals surface area contributed by atoms with Gasteiger partial charge in [0.1, 0.15) is 11.5 Å². The molecule has 7 heteroatoms. The monoisotopic (exact) mass is 448 g/mol. The molecule has 2 aromatic carbocycles. The summed E-state index contributed by atoms with van der Waals surface area (Å²) >= 11 is 0. The summed E-state index contributed by atoms with van der Waals surface area (Å²) in [5.74, 6) is 0.333. The molecule has 1 amide bonds. The van der Waals surface area contributed by atoms with Crippen LogP contribution in [0.5, 0.6) is 11.5 Å². The highest BCUT2D eigenvalue weighted by molar-refractivity contribution is 6.08. The molecule has 0 spiro atoms. The van der Waals surface area contributed by atoms with Gasteiger partial charge in [-0.25, -0.2) is 5.01 Å². The van der Waals surface area contributed by atoms with Crippen LogP contribution in [-0.4, -0.2) is 41.9 Å². The van der Waals surface area contributed by atoms with E-state index in [1.807, 2.05) is 48.5 Å². The number of hydrogen-bond acceptors (Lipinski definition) is 5. The summed E-state index contributed by atoms with van der Waals surface area (Å²) in [5, 5.41) is 15.4. The molecule has 1 fully saturated rings. The number of methoxy groups -OCH3 is 2. The van der Waals surface area contributed by atoms with Crippen molar-refractivity contribution in [3.8, 4) is 11.5 Å². The molecule has 1 aliphatic carbocycles. The average Bonchev–Trinajstić information content (AvgIpc) is 3.24. The second kappa shape index (κ2) is 9.90. The Kier molecular flexibility index (Phi) is 6.77.